The molecule has 0 saturated carbocycles. The Morgan fingerprint density at radius 3 is 1.76 bits per heavy atom. The molecule has 2 aromatic rings. The molecule has 0 aliphatic carbocycles. The molecule has 4 nitrogen and oxygen atoms in total. The van der Waals surface area contributed by atoms with Crippen LogP contribution in [0.25, 0.3) is 0 Å². The molecule has 2 aromatic carbocycles. The van der Waals surface area contributed by atoms with E-state index in [9.17, 15) is 10.2 Å². The maximum atomic E-state index is 9.40. The summed E-state index contributed by atoms with van der Waals surface area (Å²) in [6.45, 7) is 9.38. The largest absolute Gasteiger partial charge is 0.508 e. The highest BCUT2D eigenvalue weighted by Crippen LogP contribution is 2.25. The average Bonchev–Trinajstić information content (AvgIpc) is 2.60. The third kappa shape index (κ3) is 7.94. The van der Waals surface area contributed by atoms with Crippen LogP contribution in [0.5, 0.6) is 17.2 Å². The van der Waals surface area contributed by atoms with Gasteiger partial charge in [0.25, 0.3) is 0 Å². The normalized spacial score (nSPS) is 10.4. The van der Waals surface area contributed by atoms with Gasteiger partial charge in [-0.25, -0.2) is 0 Å². The molecule has 0 aliphatic heterocycles. The third-order valence-corrected chi connectivity index (χ3v) is 3.87. The van der Waals surface area contributed by atoms with Crippen LogP contribution < -0.4 is 0 Å². The van der Waals surface area contributed by atoms with Crippen molar-refractivity contribution in [2.45, 2.75) is 46.6 Å². The quantitative estimate of drug-likeness (QED) is 0.638. The van der Waals surface area contributed by atoms with E-state index < -0.39 is 0 Å². The van der Waals surface area contributed by atoms with Crippen LogP contribution >= 0.6 is 0 Å². The number of nitrogens with zero attached hydrogens (tertiary/aromatic N) is 1. The molecule has 3 N–H and O–H groups in total. The van der Waals surface area contributed by atoms with Crippen molar-refractivity contribution in [3.63, 3.8) is 0 Å². The van der Waals surface area contributed by atoms with Crippen LogP contribution in [0.2, 0.25) is 0 Å². The Morgan fingerprint density at radius 2 is 1.28 bits per heavy atom. The van der Waals surface area contributed by atoms with E-state index in [4.69, 9.17) is 5.11 Å². The highest BCUT2D eigenvalue weighted by molar-refractivity contribution is 5.40. The molecule has 0 atom stereocenters. The van der Waals surface area contributed by atoms with Gasteiger partial charge in [-0.2, -0.15) is 0 Å². The fourth-order valence-electron chi connectivity index (χ4n) is 2.56. The summed E-state index contributed by atoms with van der Waals surface area (Å²) in [7, 11) is 0. The zero-order valence-corrected chi connectivity index (χ0v) is 15.6. The highest BCUT2D eigenvalue weighted by atomic mass is 16.3. The summed E-state index contributed by atoms with van der Waals surface area (Å²) in [4.78, 5) is 2.35. The minimum atomic E-state index is -0.0544. The smallest absolute Gasteiger partial charge is 0.157 e. The Balaban J connectivity index is 0.000000293. The molecule has 0 bridgehead atoms. The van der Waals surface area contributed by atoms with Gasteiger partial charge in [0.1, 0.15) is 5.75 Å². The number of phenolic OH excluding ortho intramolecular Hbond substituents is 3. The molecule has 0 amide bonds. The number of aryl methyl sites for hydroxylation is 1. The minimum absolute atomic E-state index is 0.0366. The topological polar surface area (TPSA) is 63.9 Å². The standard InChI is InChI=1S/C13H21NO2.C8H10O/c1-3-7-14(8-4-2)10-11-5-6-12(15)13(16)9-11;1-2-7-3-5-8(9)6-4-7/h5-6,9,15-16H,3-4,7-8,10H2,1-2H3;3-6,9H,2H2,1H3. The molecule has 0 aliphatic rings. The summed E-state index contributed by atoms with van der Waals surface area (Å²) in [6, 6.07) is 12.3. The van der Waals surface area contributed by atoms with Crippen molar-refractivity contribution in [3.8, 4) is 17.2 Å². The number of benzene rings is 2. The SMILES string of the molecule is CCCN(CCC)Cc1ccc(O)c(O)c1.CCc1ccc(O)cc1. The molecule has 4 heteroatoms. The average molecular weight is 345 g/mol. The molecule has 25 heavy (non-hydrogen) atoms. The molecule has 0 heterocycles. The van der Waals surface area contributed by atoms with Crippen molar-refractivity contribution >= 4 is 0 Å². The van der Waals surface area contributed by atoms with Crippen LogP contribution in [0.3, 0.4) is 0 Å². The maximum absolute atomic E-state index is 9.40. The molecule has 0 radical (unpaired) electrons. The Bertz CT molecular complexity index is 605. The molecule has 0 fully saturated rings. The Hall–Kier alpha value is -2.20. The number of rotatable bonds is 7. The molecule has 0 saturated heterocycles. The summed E-state index contributed by atoms with van der Waals surface area (Å²) in [6.07, 6.45) is 3.29. The van der Waals surface area contributed by atoms with Gasteiger partial charge in [0.05, 0.1) is 0 Å². The van der Waals surface area contributed by atoms with Crippen LogP contribution in [0, 0.1) is 0 Å². The molecular weight excluding hydrogens is 314 g/mol. The fourth-order valence-corrected chi connectivity index (χ4v) is 2.56. The molecular formula is C21H31NO3. The summed E-state index contributed by atoms with van der Waals surface area (Å²) in [5, 5.41) is 27.5. The number of phenols is 3. The van der Waals surface area contributed by atoms with Gasteiger partial charge < -0.3 is 15.3 Å². The number of hydrogen-bond acceptors (Lipinski definition) is 4. The first-order valence-corrected chi connectivity index (χ1v) is 9.01. The number of hydrogen-bond donors (Lipinski definition) is 3. The van der Waals surface area contributed by atoms with Gasteiger partial charge in [-0.3, -0.25) is 4.90 Å². The van der Waals surface area contributed by atoms with Crippen molar-refractivity contribution < 1.29 is 15.3 Å². The zero-order chi connectivity index (χ0) is 18.7. The summed E-state index contributed by atoms with van der Waals surface area (Å²) in [5.74, 6) is 0.249. The van der Waals surface area contributed by atoms with E-state index >= 15 is 0 Å². The van der Waals surface area contributed by atoms with Gasteiger partial charge in [0.15, 0.2) is 11.5 Å². The lowest BCUT2D eigenvalue weighted by atomic mass is 10.2. The summed E-state index contributed by atoms with van der Waals surface area (Å²) in [5.41, 5.74) is 2.30. The second-order valence-electron chi connectivity index (χ2n) is 6.12. The lowest BCUT2D eigenvalue weighted by molar-refractivity contribution is 0.266. The fraction of sp³-hybridized carbons (Fsp3) is 0.429. The van der Waals surface area contributed by atoms with Crippen molar-refractivity contribution in [3.05, 3.63) is 53.6 Å². The first kappa shape index (κ1) is 20.8. The van der Waals surface area contributed by atoms with Gasteiger partial charge in [-0.1, -0.05) is 39.0 Å². The van der Waals surface area contributed by atoms with E-state index in [1.54, 1.807) is 24.3 Å². The van der Waals surface area contributed by atoms with E-state index in [2.05, 4.69) is 25.7 Å². The Labute approximate surface area is 151 Å². The van der Waals surface area contributed by atoms with Gasteiger partial charge in [0.2, 0.25) is 0 Å². The van der Waals surface area contributed by atoms with Crippen LogP contribution in [-0.2, 0) is 13.0 Å². The molecule has 138 valence electrons. The van der Waals surface area contributed by atoms with E-state index in [1.165, 1.54) is 5.56 Å². The van der Waals surface area contributed by atoms with Gasteiger partial charge in [-0.05, 0) is 67.7 Å². The van der Waals surface area contributed by atoms with Crippen LogP contribution in [-0.4, -0.2) is 33.3 Å². The van der Waals surface area contributed by atoms with Crippen molar-refractivity contribution in [2.75, 3.05) is 13.1 Å². The Morgan fingerprint density at radius 1 is 0.720 bits per heavy atom. The third-order valence-electron chi connectivity index (χ3n) is 3.87. The highest BCUT2D eigenvalue weighted by Gasteiger charge is 2.06. The Kier molecular flexibility index (Phi) is 9.48. The molecule has 2 rings (SSSR count). The second-order valence-corrected chi connectivity index (χ2v) is 6.12. The predicted octanol–water partition coefficient (Wildman–Crippen LogP) is 4.67. The summed E-state index contributed by atoms with van der Waals surface area (Å²) < 4.78 is 0. The first-order valence-electron chi connectivity index (χ1n) is 9.01. The number of aromatic hydroxyl groups is 3. The molecule has 0 spiro atoms. The van der Waals surface area contributed by atoms with Gasteiger partial charge >= 0.3 is 0 Å². The minimum Gasteiger partial charge on any atom is -0.508 e. The van der Waals surface area contributed by atoms with Crippen molar-refractivity contribution in [1.82, 2.24) is 4.90 Å². The van der Waals surface area contributed by atoms with Gasteiger partial charge in [0, 0.05) is 6.54 Å². The van der Waals surface area contributed by atoms with Crippen molar-refractivity contribution in [2.24, 2.45) is 0 Å². The molecule has 0 unspecified atom stereocenters. The van der Waals surface area contributed by atoms with E-state index in [1.807, 2.05) is 18.2 Å². The second kappa shape index (κ2) is 11.4. The van der Waals surface area contributed by atoms with Gasteiger partial charge in [-0.15, -0.1) is 0 Å². The maximum Gasteiger partial charge on any atom is 0.157 e. The van der Waals surface area contributed by atoms with Crippen molar-refractivity contribution in [1.29, 1.82) is 0 Å². The monoisotopic (exact) mass is 345 g/mol. The van der Waals surface area contributed by atoms with Crippen LogP contribution in [0.1, 0.15) is 44.7 Å². The van der Waals surface area contributed by atoms with E-state index in [-0.39, 0.29) is 11.5 Å². The molecule has 0 aromatic heterocycles. The van der Waals surface area contributed by atoms with E-state index in [0.717, 1.165) is 44.5 Å². The zero-order valence-electron chi connectivity index (χ0n) is 15.6. The van der Waals surface area contributed by atoms with Crippen LogP contribution in [0.15, 0.2) is 42.5 Å². The van der Waals surface area contributed by atoms with Crippen LogP contribution in [0.4, 0.5) is 0 Å². The summed E-state index contributed by atoms with van der Waals surface area (Å²) >= 11 is 0. The first-order chi connectivity index (χ1) is 12.0. The lowest BCUT2D eigenvalue weighted by Crippen LogP contribution is -2.24. The lowest BCUT2D eigenvalue weighted by Gasteiger charge is -2.21. The predicted molar refractivity (Wildman–Crippen MR) is 103 cm³/mol. The van der Waals surface area contributed by atoms with E-state index in [0.29, 0.717) is 5.75 Å².